The van der Waals surface area contributed by atoms with Crippen molar-refractivity contribution in [1.29, 1.82) is 0 Å². The lowest BCUT2D eigenvalue weighted by molar-refractivity contribution is -0.128. The van der Waals surface area contributed by atoms with Crippen molar-refractivity contribution in [1.82, 2.24) is 19.7 Å². The van der Waals surface area contributed by atoms with E-state index in [1.165, 1.54) is 0 Å². The van der Waals surface area contributed by atoms with E-state index in [2.05, 4.69) is 40.8 Å². The van der Waals surface area contributed by atoms with E-state index in [4.69, 9.17) is 5.73 Å². The molecule has 3 aliphatic rings. The van der Waals surface area contributed by atoms with Gasteiger partial charge in [0, 0.05) is 38.2 Å². The van der Waals surface area contributed by atoms with Crippen LogP contribution in [-0.2, 0) is 4.79 Å². The average Bonchev–Trinajstić information content (AvgIpc) is 2.67. The quantitative estimate of drug-likeness (QED) is 0.715. The fourth-order valence-corrected chi connectivity index (χ4v) is 4.55. The largest absolute Gasteiger partial charge is 0.322 e. The lowest BCUT2D eigenvalue weighted by Gasteiger charge is -2.57. The minimum absolute atomic E-state index is 0.161. The van der Waals surface area contributed by atoms with Crippen molar-refractivity contribution in [3.8, 4) is 0 Å². The summed E-state index contributed by atoms with van der Waals surface area (Å²) in [5.41, 5.74) is 7.17. The van der Waals surface area contributed by atoms with E-state index in [0.29, 0.717) is 0 Å². The molecule has 124 valence electrons. The number of hydrogen-bond acceptors (Lipinski definition) is 6. The fraction of sp³-hybridized carbons (Fsp3) is 0.867. The van der Waals surface area contributed by atoms with Gasteiger partial charge in [0.2, 0.25) is 6.41 Å². The van der Waals surface area contributed by atoms with Crippen LogP contribution in [0.2, 0.25) is 0 Å². The Balaban J connectivity index is 1.78. The van der Waals surface area contributed by atoms with Crippen LogP contribution < -0.4 is 5.73 Å². The van der Waals surface area contributed by atoms with Gasteiger partial charge in [0.15, 0.2) is 0 Å². The Morgan fingerprint density at radius 2 is 2.09 bits per heavy atom. The fourth-order valence-electron chi connectivity index (χ4n) is 4.55. The van der Waals surface area contributed by atoms with Crippen molar-refractivity contribution in [3.05, 3.63) is 0 Å². The normalized spacial score (nSPS) is 43.3. The monoisotopic (exact) mass is 308 g/mol. The molecule has 0 aromatic rings. The van der Waals surface area contributed by atoms with Crippen LogP contribution in [0.4, 0.5) is 0 Å². The van der Waals surface area contributed by atoms with Gasteiger partial charge in [-0.1, -0.05) is 0 Å². The van der Waals surface area contributed by atoms with Gasteiger partial charge in [0.05, 0.1) is 23.9 Å². The van der Waals surface area contributed by atoms with Crippen molar-refractivity contribution >= 4 is 12.1 Å². The molecule has 22 heavy (non-hydrogen) atoms. The van der Waals surface area contributed by atoms with Gasteiger partial charge in [-0.3, -0.25) is 19.5 Å². The molecule has 2 fully saturated rings. The maximum Gasteiger partial charge on any atom is 0.230 e. The number of nitrogens with two attached hydrogens (primary N) is 1. The minimum atomic E-state index is -0.241. The second-order valence-electron chi connectivity index (χ2n) is 7.82. The van der Waals surface area contributed by atoms with Crippen LogP contribution >= 0.6 is 0 Å². The molecule has 0 radical (unpaired) electrons. The zero-order chi connectivity index (χ0) is 16.1. The number of nitrogens with zero attached hydrogens (tertiary/aromatic N) is 5. The van der Waals surface area contributed by atoms with E-state index in [1.54, 1.807) is 5.01 Å². The Labute approximate surface area is 132 Å². The lowest BCUT2D eigenvalue weighted by Crippen LogP contribution is -2.75. The van der Waals surface area contributed by atoms with Gasteiger partial charge in [0.1, 0.15) is 0 Å². The van der Waals surface area contributed by atoms with Crippen LogP contribution in [0.15, 0.2) is 5.10 Å². The van der Waals surface area contributed by atoms with Crippen molar-refractivity contribution in [2.24, 2.45) is 10.8 Å². The Kier molecular flexibility index (Phi) is 3.79. The number of fused-ring (bicyclic) bond motifs is 2. The van der Waals surface area contributed by atoms with E-state index < -0.39 is 0 Å². The molecule has 2 N–H and O–H groups in total. The van der Waals surface area contributed by atoms with Gasteiger partial charge in [-0.15, -0.1) is 0 Å². The molecular formula is C15H28N6O. The summed E-state index contributed by atoms with van der Waals surface area (Å²) in [7, 11) is 4.26. The summed E-state index contributed by atoms with van der Waals surface area (Å²) < 4.78 is 0. The lowest BCUT2D eigenvalue weighted by atomic mass is 9.86. The van der Waals surface area contributed by atoms with Crippen molar-refractivity contribution < 1.29 is 4.79 Å². The summed E-state index contributed by atoms with van der Waals surface area (Å²) in [6.07, 6.45) is 2.86. The van der Waals surface area contributed by atoms with E-state index in [9.17, 15) is 4.79 Å². The minimum Gasteiger partial charge on any atom is -0.322 e. The first kappa shape index (κ1) is 15.9. The number of likely N-dealkylation sites (N-methyl/N-ethyl adjacent to an activating group) is 2. The van der Waals surface area contributed by atoms with Gasteiger partial charge in [-0.2, -0.15) is 5.10 Å². The molecule has 7 nitrogen and oxygen atoms in total. The molecule has 2 saturated heterocycles. The second kappa shape index (κ2) is 5.26. The molecule has 1 amide bonds. The molecule has 3 heterocycles. The van der Waals surface area contributed by atoms with Crippen molar-refractivity contribution in [2.75, 3.05) is 40.4 Å². The molecule has 0 aliphatic carbocycles. The van der Waals surface area contributed by atoms with E-state index in [-0.39, 0.29) is 17.2 Å². The van der Waals surface area contributed by atoms with Crippen molar-refractivity contribution in [3.63, 3.8) is 0 Å². The maximum atomic E-state index is 11.4. The second-order valence-corrected chi connectivity index (χ2v) is 7.82. The molecule has 4 atom stereocenters. The Bertz CT molecular complexity index is 492. The molecule has 0 aromatic carbocycles. The molecule has 4 unspecified atom stereocenters. The van der Waals surface area contributed by atoms with E-state index in [1.807, 2.05) is 6.92 Å². The van der Waals surface area contributed by atoms with Crippen LogP contribution in [0.5, 0.6) is 0 Å². The average molecular weight is 308 g/mol. The summed E-state index contributed by atoms with van der Waals surface area (Å²) in [4.78, 5) is 18.4. The maximum absolute atomic E-state index is 11.4. The number of carbonyl (C=O) groups is 1. The summed E-state index contributed by atoms with van der Waals surface area (Å²) in [5.74, 6) is 0. The highest BCUT2D eigenvalue weighted by Crippen LogP contribution is 2.35. The van der Waals surface area contributed by atoms with Crippen LogP contribution in [-0.4, -0.2) is 89.5 Å². The molecule has 0 saturated carbocycles. The summed E-state index contributed by atoms with van der Waals surface area (Å²) in [6, 6.07) is 0. The van der Waals surface area contributed by atoms with Crippen molar-refractivity contribution in [2.45, 2.75) is 43.9 Å². The molecular weight excluding hydrogens is 280 g/mol. The Morgan fingerprint density at radius 1 is 1.36 bits per heavy atom. The highest BCUT2D eigenvalue weighted by atomic mass is 16.1. The highest BCUT2D eigenvalue weighted by Gasteiger charge is 2.48. The number of amides is 1. The standard InChI is InChI=1S/C15H28N6O/c1-12-5-14(2,21(11-22)17-12)6-13-19(4)8-15(16)7-18(3)10-20(13)9-15/h11,13H,5-10,16H2,1-4H3. The number of carbonyl (C=O) groups excluding carboxylic acids is 1. The van der Waals surface area contributed by atoms with Gasteiger partial charge in [-0.05, 0) is 27.9 Å². The Morgan fingerprint density at radius 3 is 2.77 bits per heavy atom. The molecule has 7 heteroatoms. The predicted molar refractivity (Wildman–Crippen MR) is 86.2 cm³/mol. The van der Waals surface area contributed by atoms with E-state index >= 15 is 0 Å². The van der Waals surface area contributed by atoms with Crippen LogP contribution in [0.1, 0.15) is 26.7 Å². The smallest absolute Gasteiger partial charge is 0.230 e. The van der Waals surface area contributed by atoms with Crippen LogP contribution in [0.3, 0.4) is 0 Å². The highest BCUT2D eigenvalue weighted by molar-refractivity contribution is 5.85. The summed E-state index contributed by atoms with van der Waals surface area (Å²) in [5, 5.41) is 5.97. The molecule has 3 aliphatic heterocycles. The van der Waals surface area contributed by atoms with Gasteiger partial charge in [-0.25, -0.2) is 5.01 Å². The molecule has 2 bridgehead atoms. The number of hydrogen-bond donors (Lipinski definition) is 1. The summed E-state index contributed by atoms with van der Waals surface area (Å²) in [6.45, 7) is 7.78. The number of hydrazone groups is 1. The van der Waals surface area contributed by atoms with E-state index in [0.717, 1.165) is 51.3 Å². The van der Waals surface area contributed by atoms with Crippen LogP contribution in [0.25, 0.3) is 0 Å². The van der Waals surface area contributed by atoms with Gasteiger partial charge in [0.25, 0.3) is 0 Å². The third-order valence-corrected chi connectivity index (χ3v) is 5.21. The third kappa shape index (κ3) is 2.67. The first-order valence-corrected chi connectivity index (χ1v) is 7.95. The topological polar surface area (TPSA) is 68.4 Å². The first-order valence-electron chi connectivity index (χ1n) is 7.95. The summed E-state index contributed by atoms with van der Waals surface area (Å²) >= 11 is 0. The molecule has 0 spiro atoms. The van der Waals surface area contributed by atoms with Gasteiger partial charge >= 0.3 is 0 Å². The zero-order valence-electron chi connectivity index (χ0n) is 14.1. The number of rotatable bonds is 3. The van der Waals surface area contributed by atoms with Crippen LogP contribution in [0, 0.1) is 0 Å². The zero-order valence-corrected chi connectivity index (χ0v) is 14.1. The van der Waals surface area contributed by atoms with Gasteiger partial charge < -0.3 is 5.73 Å². The molecule has 0 aromatic heterocycles. The molecule has 3 rings (SSSR count). The first-order chi connectivity index (χ1) is 10.2. The third-order valence-electron chi connectivity index (χ3n) is 5.21. The SMILES string of the molecule is CC1=NN(C=O)C(C)(CC2N(C)CC3(N)CN(C)CN2C3)C1. The predicted octanol–water partition coefficient (Wildman–Crippen LogP) is -0.453. The Hall–Kier alpha value is -1.02.